The molecule has 0 spiro atoms. The van der Waals surface area contributed by atoms with Gasteiger partial charge in [-0.2, -0.15) is 0 Å². The molecular weight excluding hydrogens is 460 g/mol. The fraction of sp³-hybridized carbons (Fsp3) is 0.357. The fourth-order valence-corrected chi connectivity index (χ4v) is 3.30. The van der Waals surface area contributed by atoms with Crippen molar-refractivity contribution in [2.24, 2.45) is 0 Å². The number of carbonyl (C=O) groups excluding carboxylic acids is 4. The SMILES string of the molecule is COC(=O)[C@H](C/C=C/c1ccccc1)NC(C)=O.COC(=O)[C@H](CCCc1ccccc1)NC(C)=O. The largest absolute Gasteiger partial charge is 0.467 e. The van der Waals surface area contributed by atoms with Crippen molar-refractivity contribution < 1.29 is 28.7 Å². The number of benzene rings is 2. The number of hydrogen-bond donors (Lipinski definition) is 2. The Morgan fingerprint density at radius 2 is 1.28 bits per heavy atom. The van der Waals surface area contributed by atoms with Crippen LogP contribution in [0, 0.1) is 0 Å². The average Bonchev–Trinajstić information content (AvgIpc) is 2.87. The van der Waals surface area contributed by atoms with Gasteiger partial charge in [0.1, 0.15) is 12.1 Å². The van der Waals surface area contributed by atoms with E-state index in [0.717, 1.165) is 18.4 Å². The van der Waals surface area contributed by atoms with Gasteiger partial charge in [0.25, 0.3) is 0 Å². The highest BCUT2D eigenvalue weighted by Crippen LogP contribution is 2.08. The van der Waals surface area contributed by atoms with Gasteiger partial charge in [0.2, 0.25) is 11.8 Å². The average molecular weight is 497 g/mol. The number of rotatable bonds is 11. The van der Waals surface area contributed by atoms with Crippen LogP contribution in [0.3, 0.4) is 0 Å². The van der Waals surface area contributed by atoms with Gasteiger partial charge >= 0.3 is 11.9 Å². The summed E-state index contributed by atoms with van der Waals surface area (Å²) in [6.45, 7) is 2.77. The molecule has 0 aliphatic rings. The molecule has 0 saturated heterocycles. The van der Waals surface area contributed by atoms with Crippen LogP contribution >= 0.6 is 0 Å². The maximum absolute atomic E-state index is 11.5. The summed E-state index contributed by atoms with van der Waals surface area (Å²) in [6, 6.07) is 18.6. The molecule has 36 heavy (non-hydrogen) atoms. The van der Waals surface area contributed by atoms with E-state index < -0.39 is 24.0 Å². The van der Waals surface area contributed by atoms with Gasteiger partial charge in [-0.1, -0.05) is 72.8 Å². The van der Waals surface area contributed by atoms with Crippen LogP contribution in [0.15, 0.2) is 66.7 Å². The van der Waals surface area contributed by atoms with E-state index in [9.17, 15) is 19.2 Å². The minimum absolute atomic E-state index is 0.217. The molecule has 2 atom stereocenters. The fourth-order valence-electron chi connectivity index (χ4n) is 3.30. The molecule has 2 amide bonds. The molecular formula is C28H36N2O6. The second kappa shape index (κ2) is 17.5. The Labute approximate surface area is 213 Å². The Kier molecular flexibility index (Phi) is 14.6. The van der Waals surface area contributed by atoms with Crippen LogP contribution in [-0.4, -0.2) is 50.1 Å². The number of hydrogen-bond acceptors (Lipinski definition) is 6. The maximum Gasteiger partial charge on any atom is 0.328 e. The first kappa shape index (κ1) is 30.1. The lowest BCUT2D eigenvalue weighted by Gasteiger charge is -2.15. The van der Waals surface area contributed by atoms with Gasteiger partial charge in [-0.3, -0.25) is 9.59 Å². The first-order chi connectivity index (χ1) is 17.3. The molecule has 2 N–H and O–H groups in total. The van der Waals surface area contributed by atoms with Crippen molar-refractivity contribution >= 4 is 29.8 Å². The molecule has 2 rings (SSSR count). The molecule has 0 heterocycles. The lowest BCUT2D eigenvalue weighted by Crippen LogP contribution is -2.40. The Morgan fingerprint density at radius 3 is 1.81 bits per heavy atom. The molecule has 0 aliphatic carbocycles. The molecule has 0 fully saturated rings. The van der Waals surface area contributed by atoms with E-state index in [2.05, 4.69) is 20.1 Å². The van der Waals surface area contributed by atoms with Crippen molar-refractivity contribution in [3.05, 3.63) is 77.9 Å². The van der Waals surface area contributed by atoms with Crippen molar-refractivity contribution in [3.63, 3.8) is 0 Å². The van der Waals surface area contributed by atoms with E-state index in [1.807, 2.05) is 72.8 Å². The second-order valence-corrected chi connectivity index (χ2v) is 7.98. The summed E-state index contributed by atoms with van der Waals surface area (Å²) in [5.74, 6) is -1.30. The van der Waals surface area contributed by atoms with Crippen LogP contribution in [0.2, 0.25) is 0 Å². The van der Waals surface area contributed by atoms with Crippen LogP contribution in [0.5, 0.6) is 0 Å². The van der Waals surface area contributed by atoms with E-state index in [1.54, 1.807) is 0 Å². The zero-order valence-corrected chi connectivity index (χ0v) is 21.4. The first-order valence-corrected chi connectivity index (χ1v) is 11.7. The van der Waals surface area contributed by atoms with Crippen molar-refractivity contribution in [1.82, 2.24) is 10.6 Å². The molecule has 0 unspecified atom stereocenters. The van der Waals surface area contributed by atoms with Crippen LogP contribution in [0.25, 0.3) is 6.08 Å². The molecule has 0 saturated carbocycles. The first-order valence-electron chi connectivity index (χ1n) is 11.7. The lowest BCUT2D eigenvalue weighted by atomic mass is 10.0. The van der Waals surface area contributed by atoms with Crippen molar-refractivity contribution in [2.75, 3.05) is 14.2 Å². The highest BCUT2D eigenvalue weighted by molar-refractivity contribution is 5.83. The summed E-state index contributed by atoms with van der Waals surface area (Å²) >= 11 is 0. The number of nitrogens with one attached hydrogen (secondary N) is 2. The summed E-state index contributed by atoms with van der Waals surface area (Å²) in [5.41, 5.74) is 2.27. The molecule has 8 nitrogen and oxygen atoms in total. The number of esters is 2. The van der Waals surface area contributed by atoms with Crippen LogP contribution in [-0.2, 0) is 35.1 Å². The number of amides is 2. The zero-order chi connectivity index (χ0) is 26.8. The number of methoxy groups -OCH3 is 2. The highest BCUT2D eigenvalue weighted by atomic mass is 16.5. The van der Waals surface area contributed by atoms with Gasteiger partial charge in [0, 0.05) is 13.8 Å². The quantitative estimate of drug-likeness (QED) is 0.461. The lowest BCUT2D eigenvalue weighted by molar-refractivity contribution is -0.145. The maximum atomic E-state index is 11.5. The third-order valence-corrected chi connectivity index (χ3v) is 5.01. The molecule has 2 aromatic rings. The Bertz CT molecular complexity index is 976. The van der Waals surface area contributed by atoms with Crippen LogP contribution in [0.4, 0.5) is 0 Å². The molecule has 2 aromatic carbocycles. The number of carbonyl (C=O) groups is 4. The van der Waals surface area contributed by atoms with Gasteiger partial charge in [-0.05, 0) is 36.8 Å². The van der Waals surface area contributed by atoms with E-state index in [-0.39, 0.29) is 11.8 Å². The Morgan fingerprint density at radius 1 is 0.778 bits per heavy atom. The predicted molar refractivity (Wildman–Crippen MR) is 139 cm³/mol. The van der Waals surface area contributed by atoms with Gasteiger partial charge in [0.05, 0.1) is 14.2 Å². The molecule has 0 bridgehead atoms. The highest BCUT2D eigenvalue weighted by Gasteiger charge is 2.19. The molecule has 0 radical (unpaired) electrons. The smallest absolute Gasteiger partial charge is 0.328 e. The second-order valence-electron chi connectivity index (χ2n) is 7.98. The van der Waals surface area contributed by atoms with Crippen molar-refractivity contribution in [1.29, 1.82) is 0 Å². The monoisotopic (exact) mass is 496 g/mol. The van der Waals surface area contributed by atoms with Gasteiger partial charge in [-0.15, -0.1) is 0 Å². The summed E-state index contributed by atoms with van der Waals surface area (Å²) < 4.78 is 9.29. The third-order valence-electron chi connectivity index (χ3n) is 5.01. The van der Waals surface area contributed by atoms with Gasteiger partial charge in [0.15, 0.2) is 0 Å². The van der Waals surface area contributed by atoms with Crippen LogP contribution < -0.4 is 10.6 Å². The van der Waals surface area contributed by atoms with Gasteiger partial charge in [-0.25, -0.2) is 9.59 Å². The summed E-state index contributed by atoms with van der Waals surface area (Å²) in [6.07, 6.45) is 6.44. The minimum atomic E-state index is -0.632. The standard InChI is InChI=1S/C14H19NO3.C14H17NO3/c2*1-11(16)15-13(14(17)18-2)10-6-9-12-7-4-3-5-8-12/h3-5,7-8,13H,6,9-10H2,1-2H3,(H,15,16);3-9,13H,10H2,1-2H3,(H,15,16)/b;9-6+/t2*13-/m00/s1. The minimum Gasteiger partial charge on any atom is -0.467 e. The van der Waals surface area contributed by atoms with Crippen molar-refractivity contribution in [2.45, 2.75) is 51.6 Å². The Balaban J connectivity index is 0.000000360. The van der Waals surface area contributed by atoms with Gasteiger partial charge < -0.3 is 20.1 Å². The normalized spacial score (nSPS) is 11.9. The molecule has 0 aliphatic heterocycles. The summed E-state index contributed by atoms with van der Waals surface area (Å²) in [5, 5.41) is 5.16. The predicted octanol–water partition coefficient (Wildman–Crippen LogP) is 3.45. The molecule has 194 valence electrons. The van der Waals surface area contributed by atoms with Crippen molar-refractivity contribution in [3.8, 4) is 0 Å². The van der Waals surface area contributed by atoms with E-state index >= 15 is 0 Å². The number of aryl methyl sites for hydroxylation is 1. The van der Waals surface area contributed by atoms with E-state index in [4.69, 9.17) is 0 Å². The van der Waals surface area contributed by atoms with E-state index in [0.29, 0.717) is 12.8 Å². The topological polar surface area (TPSA) is 111 Å². The molecule has 8 heteroatoms. The molecule has 0 aromatic heterocycles. The number of ether oxygens (including phenoxy) is 2. The zero-order valence-electron chi connectivity index (χ0n) is 21.4. The summed E-state index contributed by atoms with van der Waals surface area (Å²) in [7, 11) is 2.63. The third kappa shape index (κ3) is 13.1. The van der Waals surface area contributed by atoms with Crippen LogP contribution in [0.1, 0.15) is 44.2 Å². The summed E-state index contributed by atoms with van der Waals surface area (Å²) in [4.78, 5) is 44.8. The Hall–Kier alpha value is -3.94. The van der Waals surface area contributed by atoms with E-state index in [1.165, 1.54) is 33.6 Å².